The molecule has 4 nitrogen and oxygen atoms in total. The minimum atomic E-state index is -1.16. The van der Waals surface area contributed by atoms with Crippen molar-refractivity contribution in [1.29, 1.82) is 0 Å². The molecule has 0 aliphatic rings. The molecule has 0 unspecified atom stereocenters. The minimum Gasteiger partial charge on any atom is -0.497 e. The molecule has 104 valence electrons. The second-order valence-corrected chi connectivity index (χ2v) is 5.51. The van der Waals surface area contributed by atoms with Gasteiger partial charge in [-0.3, -0.25) is 4.79 Å². The van der Waals surface area contributed by atoms with Crippen LogP contribution in [0.5, 0.6) is 5.75 Å². The van der Waals surface area contributed by atoms with Gasteiger partial charge < -0.3 is 14.3 Å². The average molecular weight is 282 g/mol. The van der Waals surface area contributed by atoms with Crippen LogP contribution in [-0.2, 0) is 20.1 Å². The number of hydrogen-bond acceptors (Lipinski definition) is 5. The van der Waals surface area contributed by atoms with E-state index >= 15 is 0 Å². The highest BCUT2D eigenvalue weighted by Gasteiger charge is 2.35. The van der Waals surface area contributed by atoms with Gasteiger partial charge in [0.25, 0.3) is 0 Å². The summed E-state index contributed by atoms with van der Waals surface area (Å²) in [4.78, 5) is 22.8. The second-order valence-electron chi connectivity index (χ2n) is 4.08. The van der Waals surface area contributed by atoms with Gasteiger partial charge in [-0.1, -0.05) is 12.1 Å². The van der Waals surface area contributed by atoms with E-state index in [1.807, 2.05) is 24.3 Å². The van der Waals surface area contributed by atoms with Crippen LogP contribution in [-0.4, -0.2) is 30.7 Å². The first kappa shape index (κ1) is 15.6. The summed E-state index contributed by atoms with van der Waals surface area (Å²) in [5.74, 6) is 0.832. The fraction of sp³-hybridized carbons (Fsp3) is 0.429. The largest absolute Gasteiger partial charge is 0.497 e. The molecule has 0 N–H and O–H groups in total. The summed E-state index contributed by atoms with van der Waals surface area (Å²) in [5, 5.41) is 0. The fourth-order valence-electron chi connectivity index (χ4n) is 1.37. The molecule has 1 atom stereocenters. The Labute approximate surface area is 117 Å². The molecule has 1 aromatic rings. The minimum absolute atomic E-state index is 0.269. The Bertz CT molecular complexity index is 430. The topological polar surface area (TPSA) is 52.6 Å². The Balaban J connectivity index is 2.66. The maximum atomic E-state index is 11.7. The molecule has 1 aromatic carbocycles. The van der Waals surface area contributed by atoms with Crippen LogP contribution in [0, 0.1) is 0 Å². The zero-order chi connectivity index (χ0) is 14.3. The number of carbonyl (C=O) groups is 2. The molecule has 19 heavy (non-hydrogen) atoms. The summed E-state index contributed by atoms with van der Waals surface area (Å²) in [6.45, 7) is 3.56. The van der Waals surface area contributed by atoms with Crippen LogP contribution in [0.2, 0.25) is 0 Å². The summed E-state index contributed by atoms with van der Waals surface area (Å²) in [5.41, 5.74) is 1.02. The monoisotopic (exact) mass is 282 g/mol. The van der Waals surface area contributed by atoms with Crippen molar-refractivity contribution in [2.24, 2.45) is 0 Å². The molecule has 0 fully saturated rings. The van der Waals surface area contributed by atoms with Gasteiger partial charge in [-0.2, -0.15) is 0 Å². The fourth-order valence-corrected chi connectivity index (χ4v) is 2.27. The lowest BCUT2D eigenvalue weighted by Crippen LogP contribution is -2.35. The van der Waals surface area contributed by atoms with E-state index in [2.05, 4.69) is 0 Å². The van der Waals surface area contributed by atoms with E-state index < -0.39 is 10.7 Å². The van der Waals surface area contributed by atoms with Crippen LogP contribution in [0.25, 0.3) is 0 Å². The number of hydrogen-bond donors (Lipinski definition) is 0. The van der Waals surface area contributed by atoms with E-state index in [4.69, 9.17) is 9.47 Å². The normalized spacial score (nSPS) is 13.4. The molecular formula is C14H18O4S. The third-order valence-electron chi connectivity index (χ3n) is 2.60. The third-order valence-corrected chi connectivity index (χ3v) is 3.94. The standard InChI is InChI=1S/C14H18O4S/c1-4-18-13(16)14(2,10-15)19-9-11-5-7-12(17-3)8-6-11/h5-8,10H,4,9H2,1-3H3/t14-/m0/s1. The van der Waals surface area contributed by atoms with Gasteiger partial charge in [0.1, 0.15) is 12.0 Å². The quantitative estimate of drug-likeness (QED) is 0.437. The molecule has 1 rings (SSSR count). The Hall–Kier alpha value is -1.49. The Morgan fingerprint density at radius 1 is 1.37 bits per heavy atom. The van der Waals surface area contributed by atoms with E-state index in [9.17, 15) is 9.59 Å². The number of rotatable bonds is 7. The van der Waals surface area contributed by atoms with Crippen molar-refractivity contribution in [1.82, 2.24) is 0 Å². The molecule has 0 bridgehead atoms. The third kappa shape index (κ3) is 4.28. The maximum Gasteiger partial charge on any atom is 0.329 e. The average Bonchev–Trinajstić information content (AvgIpc) is 2.45. The Morgan fingerprint density at radius 3 is 2.47 bits per heavy atom. The first-order valence-corrected chi connectivity index (χ1v) is 6.94. The van der Waals surface area contributed by atoms with Crippen LogP contribution < -0.4 is 4.74 Å². The smallest absolute Gasteiger partial charge is 0.329 e. The zero-order valence-corrected chi connectivity index (χ0v) is 12.2. The molecule has 5 heteroatoms. The highest BCUT2D eigenvalue weighted by Crippen LogP contribution is 2.28. The van der Waals surface area contributed by atoms with Gasteiger partial charge >= 0.3 is 5.97 Å². The molecule has 0 aliphatic heterocycles. The van der Waals surface area contributed by atoms with Crippen molar-refractivity contribution < 1.29 is 19.1 Å². The van der Waals surface area contributed by atoms with Crippen molar-refractivity contribution in [3.8, 4) is 5.75 Å². The highest BCUT2D eigenvalue weighted by molar-refractivity contribution is 8.01. The first-order chi connectivity index (χ1) is 9.05. The number of ether oxygens (including phenoxy) is 2. The highest BCUT2D eigenvalue weighted by atomic mass is 32.2. The lowest BCUT2D eigenvalue weighted by molar-refractivity contribution is -0.146. The molecule has 0 aliphatic carbocycles. The van der Waals surface area contributed by atoms with E-state index in [1.165, 1.54) is 11.8 Å². The van der Waals surface area contributed by atoms with Crippen LogP contribution in [0.4, 0.5) is 0 Å². The van der Waals surface area contributed by atoms with Crippen LogP contribution in [0.15, 0.2) is 24.3 Å². The van der Waals surface area contributed by atoms with E-state index in [0.29, 0.717) is 12.0 Å². The van der Waals surface area contributed by atoms with Gasteiger partial charge in [-0.15, -0.1) is 11.8 Å². The van der Waals surface area contributed by atoms with Crippen LogP contribution in [0.1, 0.15) is 19.4 Å². The number of carbonyl (C=O) groups excluding carboxylic acids is 2. The molecule has 0 saturated carbocycles. The van der Waals surface area contributed by atoms with Crippen molar-refractivity contribution in [3.63, 3.8) is 0 Å². The zero-order valence-electron chi connectivity index (χ0n) is 11.3. The predicted octanol–water partition coefficient (Wildman–Crippen LogP) is 2.45. The van der Waals surface area contributed by atoms with Crippen molar-refractivity contribution >= 4 is 24.0 Å². The Kier molecular flexibility index (Phi) is 5.89. The summed E-state index contributed by atoms with van der Waals surface area (Å²) in [7, 11) is 1.61. The molecule has 0 amide bonds. The molecular weight excluding hydrogens is 264 g/mol. The van der Waals surface area contributed by atoms with Gasteiger partial charge in [0.05, 0.1) is 13.7 Å². The molecule has 0 saturated heterocycles. The predicted molar refractivity (Wildman–Crippen MR) is 75.4 cm³/mol. The number of benzene rings is 1. The summed E-state index contributed by atoms with van der Waals surface area (Å²) < 4.78 is 8.82. The SMILES string of the molecule is CCOC(=O)[C@](C)(C=O)SCc1ccc(OC)cc1. The summed E-state index contributed by atoms with van der Waals surface area (Å²) >= 11 is 1.26. The molecule has 0 radical (unpaired) electrons. The van der Waals surface area contributed by atoms with Gasteiger partial charge in [-0.05, 0) is 31.5 Å². The van der Waals surface area contributed by atoms with E-state index in [0.717, 1.165) is 11.3 Å². The van der Waals surface area contributed by atoms with Crippen molar-refractivity contribution in [3.05, 3.63) is 29.8 Å². The molecule has 0 heterocycles. The van der Waals surface area contributed by atoms with Gasteiger partial charge in [0.15, 0.2) is 4.75 Å². The van der Waals surface area contributed by atoms with Gasteiger partial charge in [-0.25, -0.2) is 0 Å². The van der Waals surface area contributed by atoms with Gasteiger partial charge in [0.2, 0.25) is 0 Å². The summed E-state index contributed by atoms with van der Waals surface area (Å²) in [6.07, 6.45) is 0.638. The van der Waals surface area contributed by atoms with E-state index in [1.54, 1.807) is 21.0 Å². The molecule has 0 spiro atoms. The van der Waals surface area contributed by atoms with Crippen LogP contribution >= 0.6 is 11.8 Å². The van der Waals surface area contributed by atoms with Gasteiger partial charge in [0, 0.05) is 5.75 Å². The number of esters is 1. The first-order valence-electron chi connectivity index (χ1n) is 5.96. The van der Waals surface area contributed by atoms with Crippen molar-refractivity contribution in [2.75, 3.05) is 13.7 Å². The lowest BCUT2D eigenvalue weighted by atomic mass is 10.2. The summed E-state index contributed by atoms with van der Waals surface area (Å²) in [6, 6.07) is 7.50. The van der Waals surface area contributed by atoms with Crippen molar-refractivity contribution in [2.45, 2.75) is 24.3 Å². The van der Waals surface area contributed by atoms with Crippen LogP contribution in [0.3, 0.4) is 0 Å². The Morgan fingerprint density at radius 2 is 2.00 bits per heavy atom. The lowest BCUT2D eigenvalue weighted by Gasteiger charge is -2.20. The number of thioether (sulfide) groups is 1. The number of aldehydes is 1. The van der Waals surface area contributed by atoms with E-state index in [-0.39, 0.29) is 6.61 Å². The molecule has 0 aromatic heterocycles. The maximum absolute atomic E-state index is 11.7. The number of methoxy groups -OCH3 is 1. The second kappa shape index (κ2) is 7.19.